The molecule has 0 saturated carbocycles. The van der Waals surface area contributed by atoms with Crippen LogP contribution in [0.3, 0.4) is 0 Å². The molecule has 2 aliphatic rings. The molecule has 0 aliphatic carbocycles. The summed E-state index contributed by atoms with van der Waals surface area (Å²) in [7, 11) is 0. The Balaban J connectivity index is 1.60. The van der Waals surface area contributed by atoms with Gasteiger partial charge in [-0.15, -0.1) is 8.78 Å². The van der Waals surface area contributed by atoms with Crippen molar-refractivity contribution in [1.29, 1.82) is 0 Å². The highest BCUT2D eigenvalue weighted by Crippen LogP contribution is 2.42. The number of fused-ring (bicyclic) bond motifs is 1. The van der Waals surface area contributed by atoms with Crippen LogP contribution >= 0.6 is 0 Å². The summed E-state index contributed by atoms with van der Waals surface area (Å²) < 4.78 is 34.5. The van der Waals surface area contributed by atoms with Crippen molar-refractivity contribution < 1.29 is 18.3 Å². The molecule has 1 aromatic carbocycles. The van der Waals surface area contributed by atoms with Crippen molar-refractivity contribution in [3.8, 4) is 11.5 Å². The van der Waals surface area contributed by atoms with Gasteiger partial charge >= 0.3 is 6.29 Å². The molecular weight excluding hydrogens is 254 g/mol. The molecule has 6 heteroatoms. The monoisotopic (exact) mass is 270 g/mol. The first-order valence-electron chi connectivity index (χ1n) is 6.49. The Morgan fingerprint density at radius 2 is 2.11 bits per heavy atom. The zero-order valence-electron chi connectivity index (χ0n) is 10.4. The van der Waals surface area contributed by atoms with Crippen LogP contribution in [0.1, 0.15) is 19.3 Å². The van der Waals surface area contributed by atoms with E-state index in [4.69, 9.17) is 0 Å². The van der Waals surface area contributed by atoms with Crippen LogP contribution in [0.15, 0.2) is 18.2 Å². The maximum Gasteiger partial charge on any atom is 0.586 e. The fourth-order valence-corrected chi connectivity index (χ4v) is 2.40. The first-order chi connectivity index (χ1) is 9.12. The number of hydrogen-bond acceptors (Lipinski definition) is 4. The summed E-state index contributed by atoms with van der Waals surface area (Å²) >= 11 is 0. The summed E-state index contributed by atoms with van der Waals surface area (Å²) in [5.74, 6) is 0.151. The second-order valence-corrected chi connectivity index (χ2v) is 4.86. The van der Waals surface area contributed by atoms with Crippen molar-refractivity contribution in [2.24, 2.45) is 0 Å². The Hall–Kier alpha value is -1.56. The smallest absolute Gasteiger partial charge is 0.395 e. The van der Waals surface area contributed by atoms with Crippen LogP contribution in [0.25, 0.3) is 0 Å². The van der Waals surface area contributed by atoms with Crippen LogP contribution in [0.2, 0.25) is 0 Å². The van der Waals surface area contributed by atoms with Crippen molar-refractivity contribution in [3.63, 3.8) is 0 Å². The average molecular weight is 270 g/mol. The molecule has 1 unspecified atom stereocenters. The lowest BCUT2D eigenvalue weighted by atomic mass is 10.1. The van der Waals surface area contributed by atoms with Gasteiger partial charge in [0.1, 0.15) is 0 Å². The minimum atomic E-state index is -3.55. The molecule has 0 bridgehead atoms. The maximum atomic E-state index is 12.9. The van der Waals surface area contributed by atoms with E-state index >= 15 is 0 Å². The summed E-state index contributed by atoms with van der Waals surface area (Å²) in [5, 5.41) is 6.64. The third kappa shape index (κ3) is 2.89. The predicted octanol–water partition coefficient (Wildman–Crippen LogP) is 2.56. The third-order valence-electron chi connectivity index (χ3n) is 3.37. The van der Waals surface area contributed by atoms with Gasteiger partial charge < -0.3 is 20.1 Å². The van der Waals surface area contributed by atoms with Crippen LogP contribution in [0.5, 0.6) is 11.5 Å². The minimum absolute atomic E-state index is 0.0753. The summed E-state index contributed by atoms with van der Waals surface area (Å²) in [5.41, 5.74) is 0.757. The molecule has 2 N–H and O–H groups in total. The van der Waals surface area contributed by atoms with Crippen molar-refractivity contribution in [3.05, 3.63) is 18.2 Å². The second kappa shape index (κ2) is 4.85. The van der Waals surface area contributed by atoms with E-state index in [1.54, 1.807) is 12.1 Å². The molecule has 1 fully saturated rings. The maximum absolute atomic E-state index is 12.9. The van der Waals surface area contributed by atoms with Gasteiger partial charge in [0.15, 0.2) is 11.5 Å². The van der Waals surface area contributed by atoms with Gasteiger partial charge in [-0.2, -0.15) is 0 Å². The second-order valence-electron chi connectivity index (χ2n) is 4.86. The van der Waals surface area contributed by atoms with Gasteiger partial charge in [-0.1, -0.05) is 6.42 Å². The van der Waals surface area contributed by atoms with Crippen molar-refractivity contribution in [1.82, 2.24) is 5.32 Å². The first-order valence-corrected chi connectivity index (χ1v) is 6.49. The van der Waals surface area contributed by atoms with Gasteiger partial charge in [-0.05, 0) is 31.5 Å². The summed E-state index contributed by atoms with van der Waals surface area (Å²) in [6.07, 6.45) is 0.0316. The normalized spacial score (nSPS) is 24.2. The van der Waals surface area contributed by atoms with Crippen LogP contribution in [0.4, 0.5) is 14.5 Å². The number of alkyl halides is 2. The predicted molar refractivity (Wildman–Crippen MR) is 66.8 cm³/mol. The molecule has 1 saturated heterocycles. The zero-order valence-corrected chi connectivity index (χ0v) is 10.4. The largest absolute Gasteiger partial charge is 0.586 e. The van der Waals surface area contributed by atoms with E-state index in [1.807, 2.05) is 0 Å². The van der Waals surface area contributed by atoms with E-state index in [2.05, 4.69) is 20.1 Å². The van der Waals surface area contributed by atoms with E-state index in [0.29, 0.717) is 6.04 Å². The molecule has 2 heterocycles. The Bertz CT molecular complexity index is 462. The highest BCUT2D eigenvalue weighted by Gasteiger charge is 2.43. The molecular formula is C13H16F2N2O2. The third-order valence-corrected chi connectivity index (χ3v) is 3.37. The molecule has 1 atom stereocenters. The van der Waals surface area contributed by atoms with Crippen molar-refractivity contribution in [2.45, 2.75) is 31.6 Å². The number of piperidine rings is 1. The number of rotatable bonds is 3. The molecule has 0 aromatic heterocycles. The highest BCUT2D eigenvalue weighted by atomic mass is 19.3. The Labute approximate surface area is 110 Å². The number of nitrogens with one attached hydrogen (secondary N) is 2. The van der Waals surface area contributed by atoms with Gasteiger partial charge in [-0.25, -0.2) is 0 Å². The number of ether oxygens (including phenoxy) is 2. The molecule has 1 aromatic rings. The van der Waals surface area contributed by atoms with Crippen LogP contribution in [0, 0.1) is 0 Å². The lowest BCUT2D eigenvalue weighted by Crippen LogP contribution is -2.39. The Kier molecular flexibility index (Phi) is 3.18. The topological polar surface area (TPSA) is 42.5 Å². The van der Waals surface area contributed by atoms with Gasteiger partial charge in [0, 0.05) is 24.3 Å². The van der Waals surface area contributed by atoms with E-state index in [1.165, 1.54) is 18.9 Å². The number of halogens is 2. The molecule has 0 amide bonds. The molecule has 0 spiro atoms. The fraction of sp³-hybridized carbons (Fsp3) is 0.538. The number of anilines is 1. The zero-order chi connectivity index (χ0) is 13.3. The number of benzene rings is 1. The van der Waals surface area contributed by atoms with Crippen molar-refractivity contribution in [2.75, 3.05) is 18.4 Å². The average Bonchev–Trinajstić information content (AvgIpc) is 2.70. The lowest BCUT2D eigenvalue weighted by molar-refractivity contribution is -0.286. The van der Waals surface area contributed by atoms with Gasteiger partial charge in [0.2, 0.25) is 0 Å². The van der Waals surface area contributed by atoms with E-state index in [0.717, 1.165) is 25.2 Å². The summed E-state index contributed by atoms with van der Waals surface area (Å²) in [6.45, 7) is 1.82. The molecule has 104 valence electrons. The van der Waals surface area contributed by atoms with E-state index in [9.17, 15) is 8.78 Å². The Morgan fingerprint density at radius 3 is 2.89 bits per heavy atom. The first kappa shape index (κ1) is 12.5. The van der Waals surface area contributed by atoms with Gasteiger partial charge in [0.05, 0.1) is 0 Å². The highest BCUT2D eigenvalue weighted by molar-refractivity contribution is 5.56. The van der Waals surface area contributed by atoms with Gasteiger partial charge in [0.25, 0.3) is 0 Å². The van der Waals surface area contributed by atoms with Crippen LogP contribution in [-0.2, 0) is 0 Å². The Morgan fingerprint density at radius 1 is 1.26 bits per heavy atom. The molecule has 19 heavy (non-hydrogen) atoms. The number of hydrogen-bond donors (Lipinski definition) is 2. The van der Waals surface area contributed by atoms with Crippen molar-refractivity contribution >= 4 is 5.69 Å². The standard InChI is InChI=1S/C13H16F2N2O2/c14-13(15)18-11-5-4-9(7-12(11)19-13)17-8-10-3-1-2-6-16-10/h4-5,7,10,16-17H,1-3,6,8H2. The molecule has 3 rings (SSSR count). The van der Waals surface area contributed by atoms with E-state index in [-0.39, 0.29) is 11.5 Å². The lowest BCUT2D eigenvalue weighted by Gasteiger charge is -2.24. The van der Waals surface area contributed by atoms with Crippen LogP contribution < -0.4 is 20.1 Å². The minimum Gasteiger partial charge on any atom is -0.395 e. The quantitative estimate of drug-likeness (QED) is 0.886. The molecule has 0 radical (unpaired) electrons. The van der Waals surface area contributed by atoms with Crippen LogP contribution in [-0.4, -0.2) is 25.4 Å². The SMILES string of the molecule is FC1(F)Oc2ccc(NCC3CCCCN3)cc2O1. The summed E-state index contributed by atoms with van der Waals surface area (Å²) in [6, 6.07) is 5.18. The summed E-state index contributed by atoms with van der Waals surface area (Å²) in [4.78, 5) is 0. The molecule has 4 nitrogen and oxygen atoms in total. The van der Waals surface area contributed by atoms with E-state index < -0.39 is 6.29 Å². The molecule has 2 aliphatic heterocycles. The van der Waals surface area contributed by atoms with Gasteiger partial charge in [-0.3, -0.25) is 0 Å². The fourth-order valence-electron chi connectivity index (χ4n) is 2.40.